The van der Waals surface area contributed by atoms with E-state index in [2.05, 4.69) is 255 Å². The zero-order valence-corrected chi connectivity index (χ0v) is 42.5. The molecule has 0 saturated carbocycles. The van der Waals surface area contributed by atoms with Gasteiger partial charge in [0.25, 0.3) is 0 Å². The summed E-state index contributed by atoms with van der Waals surface area (Å²) >= 11 is 0. The molecule has 12 rings (SSSR count). The number of anilines is 6. The van der Waals surface area contributed by atoms with Crippen LogP contribution in [0.1, 0.15) is 107 Å². The van der Waals surface area contributed by atoms with Crippen molar-refractivity contribution in [3.05, 3.63) is 227 Å². The number of pyridine rings is 2. The Bertz CT molecular complexity index is 3590. The van der Waals surface area contributed by atoms with Crippen LogP contribution in [0.5, 0.6) is 0 Å². The number of para-hydroxylation sites is 1. The highest BCUT2D eigenvalue weighted by Crippen LogP contribution is 2.66. The summed E-state index contributed by atoms with van der Waals surface area (Å²) in [6, 6.07) is 63.0. The van der Waals surface area contributed by atoms with E-state index in [0.717, 1.165) is 73.0 Å². The van der Waals surface area contributed by atoms with Crippen LogP contribution in [0.3, 0.4) is 0 Å². The van der Waals surface area contributed by atoms with Crippen molar-refractivity contribution in [3.63, 3.8) is 0 Å². The van der Waals surface area contributed by atoms with Crippen molar-refractivity contribution in [3.8, 4) is 22.3 Å². The summed E-state index contributed by atoms with van der Waals surface area (Å²) in [6.07, 6.45) is 4.02. The summed E-state index contributed by atoms with van der Waals surface area (Å²) in [5.41, 5.74) is 19.5. The van der Waals surface area contributed by atoms with Gasteiger partial charge >= 0.3 is 0 Å². The zero-order chi connectivity index (χ0) is 49.2. The standard InChI is InChI=1S/C66H60N4O/c1-41-23-35-58(67-39-41)69(45-29-24-42(25-30-45)63(2,3)4)47-33-34-50-54(37-47)66(52-20-14-11-17-48(52)49-18-12-15-21-53(49)66)55-38-56(61-51-19-13-16-22-57(51)71-62(61)60(50)55)70(46-31-26-43(27-32-46)64(5,6)7)59-36-28-44(40-68-59)65(8,9)10/h11-40H,1-10H3. The number of rotatable bonds is 6. The van der Waals surface area contributed by atoms with Gasteiger partial charge in [-0.1, -0.05) is 172 Å². The Hall–Kier alpha value is -7.76. The van der Waals surface area contributed by atoms with Crippen LogP contribution in [0.15, 0.2) is 187 Å². The maximum Gasteiger partial charge on any atom is 0.145 e. The van der Waals surface area contributed by atoms with Crippen molar-refractivity contribution < 1.29 is 4.42 Å². The second-order valence-electron chi connectivity index (χ2n) is 22.8. The van der Waals surface area contributed by atoms with Gasteiger partial charge in [-0.05, 0) is 145 Å². The molecule has 0 atom stereocenters. The fraction of sp³-hybridized carbons (Fsp3) is 0.212. The molecule has 0 amide bonds. The molecule has 71 heavy (non-hydrogen) atoms. The van der Waals surface area contributed by atoms with Gasteiger partial charge in [-0.15, -0.1) is 0 Å². The van der Waals surface area contributed by atoms with Crippen molar-refractivity contribution in [1.82, 2.24) is 9.97 Å². The topological polar surface area (TPSA) is 45.4 Å². The predicted octanol–water partition coefficient (Wildman–Crippen LogP) is 17.9. The highest BCUT2D eigenvalue weighted by molar-refractivity contribution is 6.19. The molecule has 5 heteroatoms. The first-order chi connectivity index (χ1) is 34.0. The molecule has 0 unspecified atom stereocenters. The third-order valence-electron chi connectivity index (χ3n) is 15.1. The molecule has 0 N–H and O–H groups in total. The minimum atomic E-state index is -0.719. The maximum absolute atomic E-state index is 7.32. The van der Waals surface area contributed by atoms with Crippen molar-refractivity contribution in [2.24, 2.45) is 0 Å². The Morgan fingerprint density at radius 2 is 0.958 bits per heavy atom. The van der Waals surface area contributed by atoms with Crippen LogP contribution in [-0.4, -0.2) is 9.97 Å². The molecule has 0 saturated heterocycles. The summed E-state index contributed by atoms with van der Waals surface area (Å²) in [5.74, 6) is 1.70. The molecular formula is C66H60N4O. The van der Waals surface area contributed by atoms with Crippen molar-refractivity contribution >= 4 is 56.3 Å². The lowest BCUT2D eigenvalue weighted by Gasteiger charge is -2.33. The monoisotopic (exact) mass is 924 g/mol. The number of aryl methyl sites for hydroxylation is 1. The molecule has 7 aromatic carbocycles. The van der Waals surface area contributed by atoms with E-state index in [0.29, 0.717) is 0 Å². The second-order valence-corrected chi connectivity index (χ2v) is 22.8. The number of nitrogens with zero attached hydrogens (tertiary/aromatic N) is 4. The quantitative estimate of drug-likeness (QED) is 0.166. The molecule has 2 aliphatic rings. The Morgan fingerprint density at radius 3 is 1.54 bits per heavy atom. The average molecular weight is 925 g/mol. The van der Waals surface area contributed by atoms with Gasteiger partial charge in [0, 0.05) is 40.4 Å². The first kappa shape index (κ1) is 44.4. The summed E-state index contributed by atoms with van der Waals surface area (Å²) < 4.78 is 7.32. The van der Waals surface area contributed by atoms with E-state index in [9.17, 15) is 0 Å². The first-order valence-corrected chi connectivity index (χ1v) is 25.1. The van der Waals surface area contributed by atoms with Crippen LogP contribution in [0.4, 0.5) is 34.4 Å². The van der Waals surface area contributed by atoms with Gasteiger partial charge in [0.2, 0.25) is 0 Å². The van der Waals surface area contributed by atoms with Gasteiger partial charge in [0.1, 0.15) is 22.8 Å². The van der Waals surface area contributed by atoms with Crippen LogP contribution < -0.4 is 9.80 Å². The molecule has 0 bridgehead atoms. The lowest BCUT2D eigenvalue weighted by molar-refractivity contribution is 0.587. The molecular weight excluding hydrogens is 865 g/mol. The highest BCUT2D eigenvalue weighted by Gasteiger charge is 2.53. The second kappa shape index (κ2) is 15.9. The number of hydrogen-bond acceptors (Lipinski definition) is 5. The highest BCUT2D eigenvalue weighted by atomic mass is 16.3. The molecule has 3 heterocycles. The van der Waals surface area contributed by atoms with Crippen LogP contribution in [0.25, 0.3) is 44.2 Å². The Morgan fingerprint density at radius 1 is 0.437 bits per heavy atom. The minimum absolute atomic E-state index is 0.0126. The molecule has 0 fully saturated rings. The van der Waals surface area contributed by atoms with Crippen molar-refractivity contribution in [2.75, 3.05) is 9.80 Å². The van der Waals surface area contributed by atoms with E-state index in [-0.39, 0.29) is 16.2 Å². The van der Waals surface area contributed by atoms with Crippen LogP contribution >= 0.6 is 0 Å². The largest absolute Gasteiger partial charge is 0.455 e. The van der Waals surface area contributed by atoms with E-state index in [4.69, 9.17) is 14.4 Å². The molecule has 0 aliphatic heterocycles. The summed E-state index contributed by atoms with van der Waals surface area (Å²) in [5, 5.41) is 2.11. The fourth-order valence-electron chi connectivity index (χ4n) is 11.4. The molecule has 1 spiro atoms. The summed E-state index contributed by atoms with van der Waals surface area (Å²) in [4.78, 5) is 15.1. The van der Waals surface area contributed by atoms with Gasteiger partial charge in [-0.25, -0.2) is 9.97 Å². The smallest absolute Gasteiger partial charge is 0.145 e. The normalized spacial score (nSPS) is 13.6. The number of hydrogen-bond donors (Lipinski definition) is 0. The predicted molar refractivity (Wildman–Crippen MR) is 296 cm³/mol. The van der Waals surface area contributed by atoms with Gasteiger partial charge in [0.05, 0.1) is 16.5 Å². The van der Waals surface area contributed by atoms with Crippen LogP contribution in [-0.2, 0) is 21.7 Å². The molecule has 2 aliphatic carbocycles. The molecule has 5 nitrogen and oxygen atoms in total. The Kier molecular flexibility index (Phi) is 9.94. The fourth-order valence-corrected chi connectivity index (χ4v) is 11.4. The van der Waals surface area contributed by atoms with Gasteiger partial charge < -0.3 is 4.42 Å². The number of benzene rings is 7. The molecule has 350 valence electrons. The van der Waals surface area contributed by atoms with E-state index < -0.39 is 5.41 Å². The number of fused-ring (bicyclic) bond motifs is 14. The third-order valence-corrected chi connectivity index (χ3v) is 15.1. The summed E-state index contributed by atoms with van der Waals surface area (Å²) in [6.45, 7) is 22.4. The molecule has 3 aromatic heterocycles. The Balaban J connectivity index is 1.19. The number of furan rings is 1. The SMILES string of the molecule is Cc1ccc(N(c2ccc(C(C)(C)C)cc2)c2ccc3c(c2)C2(c4ccccc4-c4ccccc42)c2cc(N(c4ccc(C(C)(C)C)cc4)c4ccc(C(C)(C)C)cn4)c4c(oc5ccccc54)c2-3)nc1. The number of aromatic nitrogens is 2. The summed E-state index contributed by atoms with van der Waals surface area (Å²) in [7, 11) is 0. The Labute approximate surface area is 418 Å². The molecule has 10 aromatic rings. The van der Waals surface area contributed by atoms with Gasteiger partial charge in [-0.2, -0.15) is 0 Å². The van der Waals surface area contributed by atoms with Crippen molar-refractivity contribution in [2.45, 2.75) is 90.9 Å². The lowest BCUT2D eigenvalue weighted by atomic mass is 9.70. The lowest BCUT2D eigenvalue weighted by Crippen LogP contribution is -2.26. The average Bonchev–Trinajstić information content (AvgIpc) is 3.99. The van der Waals surface area contributed by atoms with E-state index in [1.165, 1.54) is 50.1 Å². The van der Waals surface area contributed by atoms with E-state index in [1.54, 1.807) is 0 Å². The minimum Gasteiger partial charge on any atom is -0.455 e. The zero-order valence-electron chi connectivity index (χ0n) is 42.5. The third kappa shape index (κ3) is 6.95. The molecule has 0 radical (unpaired) electrons. The van der Waals surface area contributed by atoms with Crippen LogP contribution in [0, 0.1) is 6.92 Å². The maximum atomic E-state index is 7.32. The first-order valence-electron chi connectivity index (χ1n) is 25.1. The van der Waals surface area contributed by atoms with Crippen molar-refractivity contribution in [1.29, 1.82) is 0 Å². The van der Waals surface area contributed by atoms with Crippen LogP contribution in [0.2, 0.25) is 0 Å². The van der Waals surface area contributed by atoms with Gasteiger partial charge in [0.15, 0.2) is 0 Å². The van der Waals surface area contributed by atoms with E-state index >= 15 is 0 Å². The van der Waals surface area contributed by atoms with E-state index in [1.807, 2.05) is 6.20 Å². The van der Waals surface area contributed by atoms with Gasteiger partial charge in [-0.3, -0.25) is 9.80 Å².